The van der Waals surface area contributed by atoms with E-state index in [1.54, 1.807) is 11.2 Å². The van der Waals surface area contributed by atoms with Crippen LogP contribution in [-0.2, 0) is 16.4 Å². The van der Waals surface area contributed by atoms with Crippen LogP contribution in [0.4, 0.5) is 0 Å². The minimum absolute atomic E-state index is 0.0438. The fourth-order valence-electron chi connectivity index (χ4n) is 4.22. The largest absolute Gasteiger partial charge is 0.396 e. The first kappa shape index (κ1) is 15.0. The standard InChI is InChI=1S/C16H23NO3S/c1-2-21(19,20)17-14-8-9-15(17)16(11-14,12-18)10-13-6-4-3-5-7-13/h3-7,14-15,18H,2,8-12H2,1H3/t14-,15+,16-/m0/s1. The summed E-state index contributed by atoms with van der Waals surface area (Å²) < 4.78 is 26.4. The molecule has 0 saturated carbocycles. The third-order valence-electron chi connectivity index (χ3n) is 5.19. The summed E-state index contributed by atoms with van der Waals surface area (Å²) in [6.07, 6.45) is 3.33. The van der Waals surface area contributed by atoms with E-state index in [4.69, 9.17) is 0 Å². The molecule has 2 saturated heterocycles. The zero-order valence-corrected chi connectivity index (χ0v) is 13.2. The molecule has 21 heavy (non-hydrogen) atoms. The van der Waals surface area contributed by atoms with Gasteiger partial charge < -0.3 is 5.11 Å². The van der Waals surface area contributed by atoms with E-state index >= 15 is 0 Å². The topological polar surface area (TPSA) is 57.6 Å². The molecule has 2 aliphatic rings. The summed E-state index contributed by atoms with van der Waals surface area (Å²) in [6.45, 7) is 1.75. The van der Waals surface area contributed by atoms with Crippen molar-refractivity contribution in [2.45, 2.75) is 44.7 Å². The van der Waals surface area contributed by atoms with Gasteiger partial charge in [-0.1, -0.05) is 30.3 Å². The van der Waals surface area contributed by atoms with Gasteiger partial charge in [-0.2, -0.15) is 4.31 Å². The Labute approximate surface area is 126 Å². The van der Waals surface area contributed by atoms with Gasteiger partial charge in [0.15, 0.2) is 0 Å². The van der Waals surface area contributed by atoms with Crippen molar-refractivity contribution in [1.82, 2.24) is 4.31 Å². The molecule has 0 spiro atoms. The lowest BCUT2D eigenvalue weighted by Crippen LogP contribution is -2.44. The number of benzene rings is 1. The zero-order valence-electron chi connectivity index (χ0n) is 12.4. The lowest BCUT2D eigenvalue weighted by atomic mass is 9.70. The number of rotatable bonds is 5. The monoisotopic (exact) mass is 309 g/mol. The third-order valence-corrected chi connectivity index (χ3v) is 7.11. The van der Waals surface area contributed by atoms with Crippen LogP contribution in [0.1, 0.15) is 31.7 Å². The van der Waals surface area contributed by atoms with Gasteiger partial charge in [0.1, 0.15) is 0 Å². The SMILES string of the molecule is CCS(=O)(=O)N1[C@H]2CC[C@@H]1[C@@](CO)(Cc1ccccc1)C2. The van der Waals surface area contributed by atoms with Crippen LogP contribution in [0, 0.1) is 5.41 Å². The molecule has 1 aromatic carbocycles. The van der Waals surface area contributed by atoms with Gasteiger partial charge in [-0.3, -0.25) is 0 Å². The fraction of sp³-hybridized carbons (Fsp3) is 0.625. The first-order valence-corrected chi connectivity index (χ1v) is 9.29. The highest BCUT2D eigenvalue weighted by Gasteiger charge is 2.58. The van der Waals surface area contributed by atoms with Crippen molar-refractivity contribution in [1.29, 1.82) is 0 Å². The van der Waals surface area contributed by atoms with Crippen molar-refractivity contribution in [3.63, 3.8) is 0 Å². The van der Waals surface area contributed by atoms with E-state index in [9.17, 15) is 13.5 Å². The Morgan fingerprint density at radius 2 is 2.00 bits per heavy atom. The zero-order chi connectivity index (χ0) is 15.1. The molecule has 0 amide bonds. The van der Waals surface area contributed by atoms with Crippen LogP contribution in [0.15, 0.2) is 30.3 Å². The molecule has 2 fully saturated rings. The van der Waals surface area contributed by atoms with Gasteiger partial charge in [-0.25, -0.2) is 8.42 Å². The molecule has 2 aliphatic heterocycles. The smallest absolute Gasteiger partial charge is 0.214 e. The Morgan fingerprint density at radius 1 is 1.29 bits per heavy atom. The summed E-state index contributed by atoms with van der Waals surface area (Å²) in [6, 6.07) is 10.1. The minimum atomic E-state index is -3.18. The molecule has 0 unspecified atom stereocenters. The highest BCUT2D eigenvalue weighted by Crippen LogP contribution is 2.52. The van der Waals surface area contributed by atoms with Crippen molar-refractivity contribution < 1.29 is 13.5 Å². The molecule has 2 heterocycles. The number of aliphatic hydroxyl groups is 1. The molecule has 0 radical (unpaired) electrons. The maximum Gasteiger partial charge on any atom is 0.214 e. The van der Waals surface area contributed by atoms with Crippen LogP contribution >= 0.6 is 0 Å². The predicted molar refractivity (Wildman–Crippen MR) is 82.4 cm³/mol. The summed E-state index contributed by atoms with van der Waals surface area (Å²) in [5, 5.41) is 10.0. The van der Waals surface area contributed by atoms with E-state index in [1.165, 1.54) is 5.56 Å². The van der Waals surface area contributed by atoms with Crippen LogP contribution < -0.4 is 0 Å². The van der Waals surface area contributed by atoms with Crippen molar-refractivity contribution in [3.05, 3.63) is 35.9 Å². The van der Waals surface area contributed by atoms with Gasteiger partial charge in [-0.05, 0) is 38.2 Å². The Morgan fingerprint density at radius 3 is 2.62 bits per heavy atom. The highest BCUT2D eigenvalue weighted by molar-refractivity contribution is 7.89. The lowest BCUT2D eigenvalue weighted by Gasteiger charge is -2.36. The Hall–Kier alpha value is -0.910. The second-order valence-corrected chi connectivity index (χ2v) is 8.53. The van der Waals surface area contributed by atoms with Gasteiger partial charge in [0.25, 0.3) is 0 Å². The predicted octanol–water partition coefficient (Wildman–Crippen LogP) is 1.79. The van der Waals surface area contributed by atoms with Crippen molar-refractivity contribution in [2.24, 2.45) is 5.41 Å². The summed E-state index contributed by atoms with van der Waals surface area (Å²) in [7, 11) is -3.18. The molecule has 2 bridgehead atoms. The number of nitrogens with zero attached hydrogens (tertiary/aromatic N) is 1. The number of aliphatic hydroxyl groups excluding tert-OH is 1. The van der Waals surface area contributed by atoms with Crippen molar-refractivity contribution in [3.8, 4) is 0 Å². The quantitative estimate of drug-likeness (QED) is 0.902. The van der Waals surface area contributed by atoms with Gasteiger partial charge in [-0.15, -0.1) is 0 Å². The van der Waals surface area contributed by atoms with Crippen molar-refractivity contribution in [2.75, 3.05) is 12.4 Å². The van der Waals surface area contributed by atoms with E-state index in [2.05, 4.69) is 12.1 Å². The molecular weight excluding hydrogens is 286 g/mol. The Kier molecular flexibility index (Phi) is 3.84. The maximum absolute atomic E-state index is 12.4. The maximum atomic E-state index is 12.4. The minimum Gasteiger partial charge on any atom is -0.396 e. The molecule has 4 nitrogen and oxygen atoms in total. The van der Waals surface area contributed by atoms with Gasteiger partial charge in [0, 0.05) is 17.5 Å². The lowest BCUT2D eigenvalue weighted by molar-refractivity contribution is 0.0889. The molecule has 5 heteroatoms. The summed E-state index contributed by atoms with van der Waals surface area (Å²) in [5.41, 5.74) is 0.861. The summed E-state index contributed by atoms with van der Waals surface area (Å²) >= 11 is 0. The first-order chi connectivity index (χ1) is 10.0. The Balaban J connectivity index is 1.91. The molecule has 3 rings (SSSR count). The molecule has 1 N–H and O–H groups in total. The van der Waals surface area contributed by atoms with Gasteiger partial charge in [0.05, 0.1) is 12.4 Å². The normalized spacial score (nSPS) is 32.7. The molecule has 0 aliphatic carbocycles. The average molecular weight is 309 g/mol. The van der Waals surface area contributed by atoms with Crippen LogP contribution in [-0.4, -0.2) is 42.3 Å². The summed E-state index contributed by atoms with van der Waals surface area (Å²) in [4.78, 5) is 0. The number of hydrogen-bond donors (Lipinski definition) is 1. The third kappa shape index (κ3) is 2.41. The first-order valence-electron chi connectivity index (χ1n) is 7.68. The second kappa shape index (κ2) is 5.38. The summed E-state index contributed by atoms with van der Waals surface area (Å²) in [5.74, 6) is 0.146. The van der Waals surface area contributed by atoms with Crippen LogP contribution in [0.2, 0.25) is 0 Å². The van der Waals surface area contributed by atoms with Crippen LogP contribution in [0.3, 0.4) is 0 Å². The second-order valence-electron chi connectivity index (χ2n) is 6.36. The van der Waals surface area contributed by atoms with Gasteiger partial charge in [0.2, 0.25) is 10.0 Å². The molecule has 3 atom stereocenters. The number of hydrogen-bond acceptors (Lipinski definition) is 3. The van der Waals surface area contributed by atoms with Crippen molar-refractivity contribution >= 4 is 10.0 Å². The fourth-order valence-corrected chi connectivity index (χ4v) is 5.87. The number of fused-ring (bicyclic) bond motifs is 2. The number of sulfonamides is 1. The van der Waals surface area contributed by atoms with E-state index < -0.39 is 10.0 Å². The highest BCUT2D eigenvalue weighted by atomic mass is 32.2. The van der Waals surface area contributed by atoms with Crippen LogP contribution in [0.5, 0.6) is 0 Å². The van der Waals surface area contributed by atoms with E-state index in [0.29, 0.717) is 0 Å². The van der Waals surface area contributed by atoms with Gasteiger partial charge >= 0.3 is 0 Å². The molecule has 1 aromatic rings. The molecular formula is C16H23NO3S. The van der Waals surface area contributed by atoms with Crippen LogP contribution in [0.25, 0.3) is 0 Å². The van der Waals surface area contributed by atoms with E-state index in [-0.39, 0.29) is 29.9 Å². The Bertz CT molecular complexity index is 601. The molecule has 116 valence electrons. The molecule has 0 aromatic heterocycles. The van der Waals surface area contributed by atoms with E-state index in [1.807, 2.05) is 18.2 Å². The average Bonchev–Trinajstić information content (AvgIpc) is 3.05. The van der Waals surface area contributed by atoms with E-state index in [0.717, 1.165) is 25.7 Å².